The summed E-state index contributed by atoms with van der Waals surface area (Å²) in [6.45, 7) is 6.78. The average Bonchev–Trinajstić information content (AvgIpc) is 2.83. The molecule has 0 spiro atoms. The van der Waals surface area contributed by atoms with Gasteiger partial charge in [-0.15, -0.1) is 0 Å². The Kier molecular flexibility index (Phi) is 7.67. The monoisotopic (exact) mass is 429 g/mol. The highest BCUT2D eigenvalue weighted by Gasteiger charge is 2.17. The summed E-state index contributed by atoms with van der Waals surface area (Å²) >= 11 is 0. The van der Waals surface area contributed by atoms with E-state index in [0.717, 1.165) is 50.5 Å². The number of rotatable bonds is 8. The van der Waals surface area contributed by atoms with Crippen LogP contribution >= 0.6 is 0 Å². The summed E-state index contributed by atoms with van der Waals surface area (Å²) in [4.78, 5) is 17.6. The Hall–Kier alpha value is -2.99. The number of carbonyl (C=O) groups excluding carboxylic acids is 1. The number of ether oxygens (including phenoxy) is 1. The minimum atomic E-state index is -0.106. The molecule has 0 aliphatic carbocycles. The van der Waals surface area contributed by atoms with Crippen molar-refractivity contribution in [3.05, 3.63) is 101 Å². The van der Waals surface area contributed by atoms with Gasteiger partial charge in [0.15, 0.2) is 0 Å². The van der Waals surface area contributed by atoms with Crippen molar-refractivity contribution in [3.63, 3.8) is 0 Å². The highest BCUT2D eigenvalue weighted by Crippen LogP contribution is 2.16. The van der Waals surface area contributed by atoms with E-state index in [4.69, 9.17) is 4.74 Å². The van der Waals surface area contributed by atoms with Crippen molar-refractivity contribution in [1.82, 2.24) is 9.80 Å². The van der Waals surface area contributed by atoms with Gasteiger partial charge < -0.3 is 10.1 Å². The smallest absolute Gasteiger partial charge is 0.255 e. The lowest BCUT2D eigenvalue weighted by Crippen LogP contribution is -2.45. The molecule has 1 aliphatic rings. The predicted molar refractivity (Wildman–Crippen MR) is 129 cm³/mol. The van der Waals surface area contributed by atoms with Gasteiger partial charge in [0.2, 0.25) is 0 Å². The quantitative estimate of drug-likeness (QED) is 0.576. The molecule has 0 bridgehead atoms. The van der Waals surface area contributed by atoms with Crippen molar-refractivity contribution >= 4 is 11.6 Å². The molecular formula is C27H31N3O2. The van der Waals surface area contributed by atoms with Crippen LogP contribution in [-0.2, 0) is 24.4 Å². The molecule has 0 radical (unpaired) electrons. The number of nitrogens with one attached hydrogen (secondary N) is 1. The van der Waals surface area contributed by atoms with Gasteiger partial charge in [0.25, 0.3) is 5.91 Å². The SMILES string of the molecule is COCc1cccc(C(=O)Nc2ccc(CN3CCN(Cc4ccccc4)CC3)cc2)c1. The fourth-order valence-corrected chi connectivity index (χ4v) is 4.07. The second kappa shape index (κ2) is 11.0. The van der Waals surface area contributed by atoms with Crippen LogP contribution in [0.5, 0.6) is 0 Å². The first-order valence-corrected chi connectivity index (χ1v) is 11.2. The zero-order valence-corrected chi connectivity index (χ0v) is 18.7. The molecule has 32 heavy (non-hydrogen) atoms. The third-order valence-corrected chi connectivity index (χ3v) is 5.83. The van der Waals surface area contributed by atoms with Gasteiger partial charge in [-0.2, -0.15) is 0 Å². The van der Waals surface area contributed by atoms with E-state index in [1.807, 2.05) is 36.4 Å². The zero-order valence-electron chi connectivity index (χ0n) is 18.7. The third-order valence-electron chi connectivity index (χ3n) is 5.83. The van der Waals surface area contributed by atoms with Crippen LogP contribution in [0.4, 0.5) is 5.69 Å². The number of nitrogens with zero attached hydrogens (tertiary/aromatic N) is 2. The maximum absolute atomic E-state index is 12.6. The number of hydrogen-bond donors (Lipinski definition) is 1. The molecule has 0 aromatic heterocycles. The second-order valence-corrected chi connectivity index (χ2v) is 8.32. The van der Waals surface area contributed by atoms with Crippen molar-refractivity contribution in [2.75, 3.05) is 38.6 Å². The molecule has 0 saturated carbocycles. The van der Waals surface area contributed by atoms with Crippen LogP contribution in [0.15, 0.2) is 78.9 Å². The Morgan fingerprint density at radius 3 is 2.00 bits per heavy atom. The lowest BCUT2D eigenvalue weighted by molar-refractivity contribution is 0.102. The Balaban J connectivity index is 1.25. The minimum Gasteiger partial charge on any atom is -0.380 e. The van der Waals surface area contributed by atoms with Crippen molar-refractivity contribution < 1.29 is 9.53 Å². The molecule has 5 nitrogen and oxygen atoms in total. The number of hydrogen-bond acceptors (Lipinski definition) is 4. The fourth-order valence-electron chi connectivity index (χ4n) is 4.07. The summed E-state index contributed by atoms with van der Waals surface area (Å²) in [5.74, 6) is -0.106. The van der Waals surface area contributed by atoms with Crippen LogP contribution in [0.3, 0.4) is 0 Å². The number of benzene rings is 3. The van der Waals surface area contributed by atoms with E-state index in [2.05, 4.69) is 57.6 Å². The molecule has 166 valence electrons. The average molecular weight is 430 g/mol. The Labute approximate surface area is 190 Å². The summed E-state index contributed by atoms with van der Waals surface area (Å²) in [6.07, 6.45) is 0. The lowest BCUT2D eigenvalue weighted by atomic mass is 10.1. The van der Waals surface area contributed by atoms with Crippen LogP contribution in [0.25, 0.3) is 0 Å². The number of piperazine rings is 1. The predicted octanol–water partition coefficient (Wildman–Crippen LogP) is 4.40. The summed E-state index contributed by atoms with van der Waals surface area (Å²) in [5, 5.41) is 2.99. The van der Waals surface area contributed by atoms with E-state index in [-0.39, 0.29) is 5.91 Å². The molecule has 3 aromatic rings. The maximum Gasteiger partial charge on any atom is 0.255 e. The molecule has 1 fully saturated rings. The van der Waals surface area contributed by atoms with E-state index < -0.39 is 0 Å². The molecule has 1 N–H and O–H groups in total. The maximum atomic E-state index is 12.6. The van der Waals surface area contributed by atoms with Gasteiger partial charge in [-0.05, 0) is 41.0 Å². The van der Waals surface area contributed by atoms with Gasteiger partial charge in [-0.3, -0.25) is 14.6 Å². The fraction of sp³-hybridized carbons (Fsp3) is 0.296. The van der Waals surface area contributed by atoms with Crippen LogP contribution < -0.4 is 5.32 Å². The molecule has 4 rings (SSSR count). The highest BCUT2D eigenvalue weighted by atomic mass is 16.5. The number of carbonyl (C=O) groups is 1. The van der Waals surface area contributed by atoms with E-state index in [0.29, 0.717) is 12.2 Å². The Morgan fingerprint density at radius 1 is 0.781 bits per heavy atom. The van der Waals surface area contributed by atoms with Gasteiger partial charge in [0, 0.05) is 57.6 Å². The summed E-state index contributed by atoms with van der Waals surface area (Å²) in [7, 11) is 1.65. The molecule has 1 heterocycles. The van der Waals surface area contributed by atoms with E-state index in [1.54, 1.807) is 7.11 Å². The summed E-state index contributed by atoms with van der Waals surface area (Å²) in [6, 6.07) is 26.4. The first kappa shape index (κ1) is 22.2. The van der Waals surface area contributed by atoms with Crippen LogP contribution in [-0.4, -0.2) is 49.0 Å². The number of amides is 1. The van der Waals surface area contributed by atoms with Crippen molar-refractivity contribution in [3.8, 4) is 0 Å². The van der Waals surface area contributed by atoms with Gasteiger partial charge in [-0.1, -0.05) is 54.6 Å². The second-order valence-electron chi connectivity index (χ2n) is 8.32. The Bertz CT molecular complexity index is 997. The molecule has 5 heteroatoms. The van der Waals surface area contributed by atoms with Crippen molar-refractivity contribution in [1.29, 1.82) is 0 Å². The number of anilines is 1. The normalized spacial score (nSPS) is 14.9. The Morgan fingerprint density at radius 2 is 1.38 bits per heavy atom. The van der Waals surface area contributed by atoms with Crippen molar-refractivity contribution in [2.24, 2.45) is 0 Å². The molecule has 1 amide bonds. The van der Waals surface area contributed by atoms with Crippen molar-refractivity contribution in [2.45, 2.75) is 19.7 Å². The molecule has 0 atom stereocenters. The van der Waals surface area contributed by atoms with E-state index in [9.17, 15) is 4.79 Å². The van der Waals surface area contributed by atoms with Crippen LogP contribution in [0.2, 0.25) is 0 Å². The largest absolute Gasteiger partial charge is 0.380 e. The standard InChI is InChI=1S/C27H31N3O2/c1-32-21-24-8-5-9-25(18-24)27(31)28-26-12-10-23(11-13-26)20-30-16-14-29(15-17-30)19-22-6-3-2-4-7-22/h2-13,18H,14-17,19-21H2,1H3,(H,28,31). The zero-order chi connectivity index (χ0) is 22.2. The van der Waals surface area contributed by atoms with E-state index >= 15 is 0 Å². The first-order valence-electron chi connectivity index (χ1n) is 11.2. The topological polar surface area (TPSA) is 44.8 Å². The van der Waals surface area contributed by atoms with Gasteiger partial charge in [0.1, 0.15) is 0 Å². The molecular weight excluding hydrogens is 398 g/mol. The third kappa shape index (κ3) is 6.26. The molecule has 3 aromatic carbocycles. The summed E-state index contributed by atoms with van der Waals surface area (Å²) < 4.78 is 5.15. The molecule has 0 unspecified atom stereocenters. The lowest BCUT2D eigenvalue weighted by Gasteiger charge is -2.34. The van der Waals surface area contributed by atoms with Gasteiger partial charge >= 0.3 is 0 Å². The molecule has 1 saturated heterocycles. The van der Waals surface area contributed by atoms with E-state index in [1.165, 1.54) is 11.1 Å². The van der Waals surface area contributed by atoms with Gasteiger partial charge in [0.05, 0.1) is 6.61 Å². The number of methoxy groups -OCH3 is 1. The minimum absolute atomic E-state index is 0.106. The van der Waals surface area contributed by atoms with Gasteiger partial charge in [-0.25, -0.2) is 0 Å². The first-order chi connectivity index (χ1) is 15.7. The van der Waals surface area contributed by atoms with Crippen LogP contribution in [0.1, 0.15) is 27.0 Å². The van der Waals surface area contributed by atoms with Crippen LogP contribution in [0, 0.1) is 0 Å². The summed E-state index contributed by atoms with van der Waals surface area (Å²) in [5.41, 5.74) is 5.07. The highest BCUT2D eigenvalue weighted by molar-refractivity contribution is 6.04. The molecule has 1 aliphatic heterocycles.